The minimum atomic E-state index is 0. The lowest BCUT2D eigenvalue weighted by Crippen LogP contribution is -3.00. The predicted octanol–water partition coefficient (Wildman–Crippen LogP) is 0.663. The van der Waals surface area contributed by atoms with Gasteiger partial charge in [0, 0.05) is 25.2 Å². The number of aromatic hydroxyl groups is 1. The van der Waals surface area contributed by atoms with Gasteiger partial charge in [-0.3, -0.25) is 0 Å². The Kier molecular flexibility index (Phi) is 5.14. The molecule has 1 saturated heterocycles. The number of nitrogens with zero attached hydrogens (tertiary/aromatic N) is 1. The molecule has 112 valence electrons. The Morgan fingerprint density at radius 1 is 1.05 bits per heavy atom. The molecule has 2 aliphatic rings. The molecule has 2 atom stereocenters. The van der Waals surface area contributed by atoms with Gasteiger partial charge in [-0.25, -0.2) is 0 Å². The highest BCUT2D eigenvalue weighted by Crippen LogP contribution is 2.41. The molecule has 1 aliphatic carbocycles. The van der Waals surface area contributed by atoms with E-state index in [4.69, 9.17) is 0 Å². The summed E-state index contributed by atoms with van der Waals surface area (Å²) in [4.78, 5) is 0. The van der Waals surface area contributed by atoms with Gasteiger partial charge in [-0.05, 0) is 30.5 Å². The Morgan fingerprint density at radius 2 is 1.75 bits per heavy atom. The summed E-state index contributed by atoms with van der Waals surface area (Å²) < 4.78 is 1.26. The van der Waals surface area contributed by atoms with E-state index >= 15 is 0 Å². The number of likely N-dealkylation sites (tertiary alicyclic amines) is 1. The third kappa shape index (κ3) is 3.04. The molecule has 0 amide bonds. The molecule has 0 bridgehead atoms. The van der Waals surface area contributed by atoms with E-state index in [1.54, 1.807) is 6.07 Å². The molecule has 20 heavy (non-hydrogen) atoms. The Bertz CT molecular complexity index is 442. The molecule has 1 aliphatic heterocycles. The molecule has 2 fully saturated rings. The molecule has 0 aromatic heterocycles. The lowest BCUT2D eigenvalue weighted by molar-refractivity contribution is -0.925. The minimum absolute atomic E-state index is 0. The van der Waals surface area contributed by atoms with E-state index < -0.39 is 0 Å². The number of quaternary nitrogens is 1. The van der Waals surface area contributed by atoms with Gasteiger partial charge in [-0.2, -0.15) is 0 Å². The largest absolute Gasteiger partial charge is 1.00 e. The highest BCUT2D eigenvalue weighted by Gasteiger charge is 2.42. The number of rotatable bonds is 2. The zero-order chi connectivity index (χ0) is 13.3. The Balaban J connectivity index is 0.00000147. The lowest BCUT2D eigenvalue weighted by Gasteiger charge is -2.44. The number of hydrogen-bond acceptors (Lipinski definition) is 1. The number of likely N-dealkylation sites (N-methyl/N-ethyl adjacent to an activating group) is 1. The maximum Gasteiger partial charge on any atom is 0.115 e. The van der Waals surface area contributed by atoms with Crippen molar-refractivity contribution in [2.75, 3.05) is 20.1 Å². The van der Waals surface area contributed by atoms with Crippen molar-refractivity contribution in [1.29, 1.82) is 0 Å². The van der Waals surface area contributed by atoms with Gasteiger partial charge in [0.05, 0.1) is 26.2 Å². The molecule has 3 heteroatoms. The van der Waals surface area contributed by atoms with Crippen LogP contribution in [-0.4, -0.2) is 35.8 Å². The smallest absolute Gasteiger partial charge is 0.115 e. The number of hydrogen-bond donors (Lipinski definition) is 1. The van der Waals surface area contributed by atoms with Crippen molar-refractivity contribution in [3.05, 3.63) is 29.8 Å². The van der Waals surface area contributed by atoms with Crippen LogP contribution in [-0.2, 0) is 0 Å². The summed E-state index contributed by atoms with van der Waals surface area (Å²) in [6.45, 7) is 2.69. The van der Waals surface area contributed by atoms with Crippen LogP contribution in [0.2, 0.25) is 0 Å². The molecule has 2 unspecified atom stereocenters. The van der Waals surface area contributed by atoms with E-state index in [2.05, 4.69) is 13.1 Å². The number of phenols is 1. The van der Waals surface area contributed by atoms with Crippen LogP contribution in [0.15, 0.2) is 24.3 Å². The highest BCUT2D eigenvalue weighted by atomic mass is 79.9. The van der Waals surface area contributed by atoms with Crippen LogP contribution < -0.4 is 17.0 Å². The van der Waals surface area contributed by atoms with Gasteiger partial charge in [0.25, 0.3) is 0 Å². The second-order valence-electron chi connectivity index (χ2n) is 6.69. The number of benzene rings is 1. The Morgan fingerprint density at radius 3 is 2.45 bits per heavy atom. The molecule has 1 aromatic rings. The Labute approximate surface area is 133 Å². The van der Waals surface area contributed by atoms with Crippen LogP contribution in [0.25, 0.3) is 0 Å². The van der Waals surface area contributed by atoms with Crippen molar-refractivity contribution in [2.45, 2.75) is 50.5 Å². The predicted molar refractivity (Wildman–Crippen MR) is 78.3 cm³/mol. The lowest BCUT2D eigenvalue weighted by atomic mass is 9.78. The number of phenolic OH excluding ortho intramolecular Hbond substituents is 1. The first kappa shape index (κ1) is 15.8. The quantitative estimate of drug-likeness (QED) is 0.785. The standard InChI is InChI=1S/C17H25NO.BrH/c1-18(11-4-5-12-18)17-10-3-2-9-16(17)14-7-6-8-15(19)13-14;/h6-8,13,16-17H,2-5,9-12H2,1H3;1H. The van der Waals surface area contributed by atoms with E-state index in [1.165, 1.54) is 61.7 Å². The topological polar surface area (TPSA) is 20.2 Å². The highest BCUT2D eigenvalue weighted by molar-refractivity contribution is 5.30. The second-order valence-corrected chi connectivity index (χ2v) is 6.69. The monoisotopic (exact) mass is 339 g/mol. The van der Waals surface area contributed by atoms with Crippen molar-refractivity contribution >= 4 is 0 Å². The zero-order valence-electron chi connectivity index (χ0n) is 12.4. The second kappa shape index (κ2) is 6.48. The molecule has 1 aromatic carbocycles. The van der Waals surface area contributed by atoms with Crippen molar-refractivity contribution in [1.82, 2.24) is 0 Å². The maximum atomic E-state index is 9.75. The molecular formula is C17H26BrNO. The summed E-state index contributed by atoms with van der Waals surface area (Å²) in [6, 6.07) is 8.75. The van der Waals surface area contributed by atoms with Crippen LogP contribution in [0.3, 0.4) is 0 Å². The molecule has 3 rings (SSSR count). The molecule has 2 nitrogen and oxygen atoms in total. The maximum absolute atomic E-state index is 9.75. The van der Waals surface area contributed by atoms with Crippen LogP contribution in [0, 0.1) is 0 Å². The SMILES string of the molecule is C[N+]1(C2CCCCC2c2cccc(O)c2)CCCC1.[Br-]. The van der Waals surface area contributed by atoms with E-state index in [0.29, 0.717) is 11.7 Å². The first-order valence-electron chi connectivity index (χ1n) is 7.82. The van der Waals surface area contributed by atoms with Crippen molar-refractivity contribution in [3.63, 3.8) is 0 Å². The van der Waals surface area contributed by atoms with Crippen LogP contribution in [0.4, 0.5) is 0 Å². The summed E-state index contributed by atoms with van der Waals surface area (Å²) in [6.07, 6.45) is 8.16. The van der Waals surface area contributed by atoms with Crippen molar-refractivity contribution in [3.8, 4) is 5.75 Å². The van der Waals surface area contributed by atoms with E-state index in [1.807, 2.05) is 12.1 Å². The fraction of sp³-hybridized carbons (Fsp3) is 0.647. The average molecular weight is 340 g/mol. The fourth-order valence-corrected chi connectivity index (χ4v) is 4.39. The minimum Gasteiger partial charge on any atom is -1.00 e. The van der Waals surface area contributed by atoms with E-state index in [0.717, 1.165) is 6.04 Å². The summed E-state index contributed by atoms with van der Waals surface area (Å²) in [7, 11) is 2.46. The van der Waals surface area contributed by atoms with Crippen LogP contribution >= 0.6 is 0 Å². The van der Waals surface area contributed by atoms with Crippen molar-refractivity contribution < 1.29 is 26.6 Å². The van der Waals surface area contributed by atoms with Gasteiger partial charge < -0.3 is 26.6 Å². The third-order valence-corrected chi connectivity index (χ3v) is 5.42. The van der Waals surface area contributed by atoms with E-state index in [9.17, 15) is 5.11 Å². The molecule has 1 heterocycles. The van der Waals surface area contributed by atoms with E-state index in [-0.39, 0.29) is 17.0 Å². The summed E-state index contributed by atoms with van der Waals surface area (Å²) in [5, 5.41) is 9.75. The first-order chi connectivity index (χ1) is 9.19. The number of halogens is 1. The van der Waals surface area contributed by atoms with Gasteiger partial charge in [0.15, 0.2) is 0 Å². The zero-order valence-corrected chi connectivity index (χ0v) is 14.0. The van der Waals surface area contributed by atoms with Crippen molar-refractivity contribution in [2.24, 2.45) is 0 Å². The fourth-order valence-electron chi connectivity index (χ4n) is 4.39. The summed E-state index contributed by atoms with van der Waals surface area (Å²) in [5.41, 5.74) is 1.36. The third-order valence-electron chi connectivity index (χ3n) is 5.42. The van der Waals surface area contributed by atoms with Gasteiger partial charge >= 0.3 is 0 Å². The van der Waals surface area contributed by atoms with Gasteiger partial charge in [-0.1, -0.05) is 18.6 Å². The molecule has 0 spiro atoms. The Hall–Kier alpha value is -0.540. The first-order valence-corrected chi connectivity index (χ1v) is 7.82. The van der Waals surface area contributed by atoms with Gasteiger partial charge in [0.2, 0.25) is 0 Å². The molecule has 1 saturated carbocycles. The summed E-state index contributed by atoms with van der Waals surface area (Å²) >= 11 is 0. The molecule has 0 radical (unpaired) electrons. The molecule has 1 N–H and O–H groups in total. The molecular weight excluding hydrogens is 314 g/mol. The van der Waals surface area contributed by atoms with Gasteiger partial charge in [-0.15, -0.1) is 0 Å². The normalized spacial score (nSPS) is 28.9. The van der Waals surface area contributed by atoms with Gasteiger partial charge in [0.1, 0.15) is 5.75 Å². The summed E-state index contributed by atoms with van der Waals surface area (Å²) in [5.74, 6) is 1.06. The average Bonchev–Trinajstić information content (AvgIpc) is 2.87. The van der Waals surface area contributed by atoms with Crippen LogP contribution in [0.5, 0.6) is 5.75 Å². The van der Waals surface area contributed by atoms with Crippen LogP contribution in [0.1, 0.15) is 50.0 Å².